The molecule has 0 amide bonds. The first-order valence-corrected chi connectivity index (χ1v) is 6.13. The van der Waals surface area contributed by atoms with Gasteiger partial charge in [0.05, 0.1) is 7.11 Å². The molecule has 0 N–H and O–H groups in total. The van der Waals surface area contributed by atoms with Crippen molar-refractivity contribution in [2.75, 3.05) is 7.11 Å². The van der Waals surface area contributed by atoms with E-state index in [9.17, 15) is 18.0 Å². The van der Waals surface area contributed by atoms with Crippen LogP contribution >= 0.6 is 0 Å². The van der Waals surface area contributed by atoms with E-state index >= 15 is 0 Å². The Morgan fingerprint density at radius 1 is 1.47 bits per heavy atom. The van der Waals surface area contributed by atoms with Crippen molar-refractivity contribution >= 4 is 5.97 Å². The zero-order valence-electron chi connectivity index (χ0n) is 10.5. The van der Waals surface area contributed by atoms with Crippen molar-refractivity contribution in [3.05, 3.63) is 17.7 Å². The van der Waals surface area contributed by atoms with Crippen molar-refractivity contribution in [1.82, 2.24) is 9.55 Å². The maximum atomic E-state index is 12.7. The molecule has 1 fully saturated rings. The smallest absolute Gasteiger partial charge is 0.434 e. The fraction of sp³-hybridized carbons (Fsp3) is 0.667. The van der Waals surface area contributed by atoms with Gasteiger partial charge in [0, 0.05) is 12.1 Å². The molecular formula is C12H15F3N2O2. The lowest BCUT2D eigenvalue weighted by Crippen LogP contribution is -2.14. The molecule has 1 heterocycles. The first kappa shape index (κ1) is 13.9. The largest absolute Gasteiger partial charge is 0.468 e. The number of imidazole rings is 1. The van der Waals surface area contributed by atoms with E-state index in [0.29, 0.717) is 5.82 Å². The van der Waals surface area contributed by atoms with Crippen molar-refractivity contribution in [1.29, 1.82) is 0 Å². The molecule has 2 rings (SSSR count). The molecule has 0 aliphatic heterocycles. The van der Waals surface area contributed by atoms with E-state index in [0.717, 1.165) is 31.9 Å². The molecule has 0 saturated heterocycles. The summed E-state index contributed by atoms with van der Waals surface area (Å²) in [6, 6.07) is 0. The molecule has 1 saturated carbocycles. The van der Waals surface area contributed by atoms with Crippen LogP contribution in [0.25, 0.3) is 0 Å². The molecule has 1 aliphatic carbocycles. The van der Waals surface area contributed by atoms with E-state index in [1.165, 1.54) is 11.7 Å². The summed E-state index contributed by atoms with van der Waals surface area (Å²) in [6.07, 6.45) is -0.00152. The van der Waals surface area contributed by atoms with Crippen LogP contribution in [0.1, 0.15) is 43.1 Å². The second kappa shape index (κ2) is 5.22. The summed E-state index contributed by atoms with van der Waals surface area (Å²) in [6.45, 7) is -0.231. The number of nitrogens with zero attached hydrogens (tertiary/aromatic N) is 2. The molecule has 7 heteroatoms. The molecular weight excluding hydrogens is 261 g/mol. The maximum absolute atomic E-state index is 12.7. The molecule has 19 heavy (non-hydrogen) atoms. The Hall–Kier alpha value is -1.53. The number of ether oxygens (including phenoxy) is 1. The normalized spacial score (nSPS) is 16.8. The summed E-state index contributed by atoms with van der Waals surface area (Å²) in [7, 11) is 1.21. The topological polar surface area (TPSA) is 44.1 Å². The van der Waals surface area contributed by atoms with Crippen molar-refractivity contribution in [2.45, 2.75) is 44.3 Å². The molecule has 0 radical (unpaired) electrons. The van der Waals surface area contributed by atoms with E-state index in [2.05, 4.69) is 9.72 Å². The van der Waals surface area contributed by atoms with Gasteiger partial charge in [-0.05, 0) is 12.8 Å². The maximum Gasteiger partial charge on any atom is 0.434 e. The SMILES string of the molecule is COC(=O)Cn1cc(C(F)(F)F)nc1C1CCCC1. The average molecular weight is 276 g/mol. The number of carbonyl (C=O) groups excluding carboxylic acids is 1. The van der Waals surface area contributed by atoms with Gasteiger partial charge in [0.15, 0.2) is 5.69 Å². The van der Waals surface area contributed by atoms with E-state index < -0.39 is 17.8 Å². The summed E-state index contributed by atoms with van der Waals surface area (Å²) >= 11 is 0. The number of alkyl halides is 3. The summed E-state index contributed by atoms with van der Waals surface area (Å²) in [5.74, 6) is -0.235. The van der Waals surface area contributed by atoms with Crippen LogP contribution in [0.5, 0.6) is 0 Å². The number of hydrogen-bond donors (Lipinski definition) is 0. The molecule has 0 atom stereocenters. The van der Waals surface area contributed by atoms with Crippen LogP contribution < -0.4 is 0 Å². The Bertz CT molecular complexity index is 462. The summed E-state index contributed by atoms with van der Waals surface area (Å²) in [5.41, 5.74) is -0.946. The van der Waals surface area contributed by atoms with Crippen LogP contribution in [-0.4, -0.2) is 22.6 Å². The summed E-state index contributed by atoms with van der Waals surface area (Å²) in [4.78, 5) is 14.9. The van der Waals surface area contributed by atoms with Crippen LogP contribution in [-0.2, 0) is 22.3 Å². The molecule has 1 aliphatic rings. The Morgan fingerprint density at radius 2 is 2.11 bits per heavy atom. The first-order valence-electron chi connectivity index (χ1n) is 6.13. The van der Waals surface area contributed by atoms with Crippen molar-refractivity contribution < 1.29 is 22.7 Å². The highest BCUT2D eigenvalue weighted by Gasteiger charge is 2.36. The van der Waals surface area contributed by atoms with E-state index in [1.807, 2.05) is 0 Å². The van der Waals surface area contributed by atoms with Gasteiger partial charge in [0.2, 0.25) is 0 Å². The molecule has 1 aromatic heterocycles. The van der Waals surface area contributed by atoms with Crippen LogP contribution in [0.4, 0.5) is 13.2 Å². The van der Waals surface area contributed by atoms with Crippen LogP contribution in [0.2, 0.25) is 0 Å². The minimum atomic E-state index is -4.49. The lowest BCUT2D eigenvalue weighted by molar-refractivity contribution is -0.143. The fourth-order valence-corrected chi connectivity index (χ4v) is 2.41. The minimum Gasteiger partial charge on any atom is -0.468 e. The average Bonchev–Trinajstić information content (AvgIpc) is 2.95. The predicted molar refractivity (Wildman–Crippen MR) is 60.5 cm³/mol. The molecule has 4 nitrogen and oxygen atoms in total. The molecule has 0 unspecified atom stereocenters. The second-order valence-corrected chi connectivity index (χ2v) is 4.67. The molecule has 0 aromatic carbocycles. The Labute approximate surface area is 108 Å². The number of methoxy groups -OCH3 is 1. The zero-order valence-corrected chi connectivity index (χ0v) is 10.5. The first-order chi connectivity index (χ1) is 8.91. The van der Waals surface area contributed by atoms with Gasteiger partial charge in [0.25, 0.3) is 0 Å². The van der Waals surface area contributed by atoms with E-state index in [1.54, 1.807) is 0 Å². The number of hydrogen-bond acceptors (Lipinski definition) is 3. The van der Waals surface area contributed by atoms with Gasteiger partial charge in [-0.2, -0.15) is 13.2 Å². The number of esters is 1. The number of carbonyl (C=O) groups is 1. The fourth-order valence-electron chi connectivity index (χ4n) is 2.41. The zero-order chi connectivity index (χ0) is 14.0. The lowest BCUT2D eigenvalue weighted by atomic mass is 10.1. The van der Waals surface area contributed by atoms with E-state index in [4.69, 9.17) is 0 Å². The third-order valence-corrected chi connectivity index (χ3v) is 3.35. The molecule has 0 spiro atoms. The number of aromatic nitrogens is 2. The highest BCUT2D eigenvalue weighted by atomic mass is 19.4. The Balaban J connectivity index is 2.32. The van der Waals surface area contributed by atoms with Gasteiger partial charge in [0.1, 0.15) is 12.4 Å². The molecule has 1 aromatic rings. The quantitative estimate of drug-likeness (QED) is 0.797. The number of rotatable bonds is 3. The van der Waals surface area contributed by atoms with Crippen LogP contribution in [0, 0.1) is 0 Å². The predicted octanol–water partition coefficient (Wildman–Crippen LogP) is 2.73. The minimum absolute atomic E-state index is 0.000700. The monoisotopic (exact) mass is 276 g/mol. The molecule has 106 valence electrons. The third-order valence-electron chi connectivity index (χ3n) is 3.35. The van der Waals surface area contributed by atoms with Gasteiger partial charge in [-0.3, -0.25) is 4.79 Å². The van der Waals surface area contributed by atoms with Crippen LogP contribution in [0.3, 0.4) is 0 Å². The van der Waals surface area contributed by atoms with Gasteiger partial charge in [-0.25, -0.2) is 4.98 Å². The van der Waals surface area contributed by atoms with Gasteiger partial charge >= 0.3 is 12.1 Å². The van der Waals surface area contributed by atoms with Crippen molar-refractivity contribution in [2.24, 2.45) is 0 Å². The summed E-state index contributed by atoms with van der Waals surface area (Å²) < 4.78 is 43.9. The Kier molecular flexibility index (Phi) is 3.82. The van der Waals surface area contributed by atoms with Crippen molar-refractivity contribution in [3.8, 4) is 0 Å². The van der Waals surface area contributed by atoms with E-state index in [-0.39, 0.29) is 12.5 Å². The van der Waals surface area contributed by atoms with Crippen LogP contribution in [0.15, 0.2) is 6.20 Å². The highest BCUT2D eigenvalue weighted by Crippen LogP contribution is 2.36. The molecule has 0 bridgehead atoms. The third kappa shape index (κ3) is 3.08. The summed E-state index contributed by atoms with van der Waals surface area (Å²) in [5, 5.41) is 0. The van der Waals surface area contributed by atoms with Crippen molar-refractivity contribution in [3.63, 3.8) is 0 Å². The lowest BCUT2D eigenvalue weighted by Gasteiger charge is -2.11. The highest BCUT2D eigenvalue weighted by molar-refractivity contribution is 5.69. The number of halogens is 3. The Morgan fingerprint density at radius 3 is 2.63 bits per heavy atom. The second-order valence-electron chi connectivity index (χ2n) is 4.67. The van der Waals surface area contributed by atoms with Gasteiger partial charge in [-0.15, -0.1) is 0 Å². The van der Waals surface area contributed by atoms with Gasteiger partial charge in [-0.1, -0.05) is 12.8 Å². The van der Waals surface area contributed by atoms with Gasteiger partial charge < -0.3 is 9.30 Å². The standard InChI is InChI=1S/C12H15F3N2O2/c1-19-10(18)7-17-6-9(12(13,14)15)16-11(17)8-4-2-3-5-8/h6,8H,2-5,7H2,1H3.